The molecular weight excluding hydrogens is 182 g/mol. The summed E-state index contributed by atoms with van der Waals surface area (Å²) in [5.41, 5.74) is -0.0220. The van der Waals surface area contributed by atoms with E-state index in [2.05, 4.69) is 6.07 Å². The van der Waals surface area contributed by atoms with Crippen molar-refractivity contribution in [2.45, 2.75) is 43.4 Å². The fraction of sp³-hybridized carbons (Fsp3) is 0.909. The maximum Gasteiger partial charge on any atom is 0.0690 e. The molecule has 0 aromatic rings. The lowest BCUT2D eigenvalue weighted by Crippen LogP contribution is -2.52. The zero-order chi connectivity index (χ0) is 9.10. The molecule has 0 amide bonds. The van der Waals surface area contributed by atoms with E-state index in [1.807, 2.05) is 0 Å². The minimum Gasteiger partial charge on any atom is -0.198 e. The highest BCUT2D eigenvalue weighted by Crippen LogP contribution is 2.63. The Labute approximate surface area is 84.1 Å². The van der Waals surface area contributed by atoms with E-state index in [4.69, 9.17) is 11.6 Å². The molecular formula is C11H14ClN. The lowest BCUT2D eigenvalue weighted by molar-refractivity contribution is -0.00537. The zero-order valence-corrected chi connectivity index (χ0v) is 8.48. The van der Waals surface area contributed by atoms with Crippen LogP contribution in [0, 0.1) is 28.6 Å². The Kier molecular flexibility index (Phi) is 1.39. The first-order valence-electron chi connectivity index (χ1n) is 5.23. The second-order valence-electron chi connectivity index (χ2n) is 5.50. The molecule has 2 heteroatoms. The molecule has 4 saturated carbocycles. The van der Waals surface area contributed by atoms with Crippen LogP contribution in [-0.2, 0) is 0 Å². The topological polar surface area (TPSA) is 23.8 Å². The van der Waals surface area contributed by atoms with Crippen molar-refractivity contribution in [2.75, 3.05) is 0 Å². The lowest BCUT2D eigenvalue weighted by Gasteiger charge is -2.57. The van der Waals surface area contributed by atoms with Gasteiger partial charge in [0.2, 0.25) is 0 Å². The number of alkyl halides is 1. The van der Waals surface area contributed by atoms with E-state index in [0.717, 1.165) is 31.1 Å². The van der Waals surface area contributed by atoms with Gasteiger partial charge in [-0.25, -0.2) is 0 Å². The van der Waals surface area contributed by atoms with E-state index in [1.54, 1.807) is 0 Å². The molecule has 4 rings (SSSR count). The van der Waals surface area contributed by atoms with Crippen LogP contribution in [0.3, 0.4) is 0 Å². The molecule has 0 heterocycles. The van der Waals surface area contributed by atoms with Crippen LogP contribution in [0.5, 0.6) is 0 Å². The fourth-order valence-electron chi connectivity index (χ4n) is 4.28. The predicted octanol–water partition coefficient (Wildman–Crippen LogP) is 3.09. The first-order chi connectivity index (χ1) is 6.13. The van der Waals surface area contributed by atoms with Gasteiger partial charge in [-0.3, -0.25) is 0 Å². The summed E-state index contributed by atoms with van der Waals surface area (Å²) in [6, 6.07) is 2.55. The van der Waals surface area contributed by atoms with Crippen LogP contribution in [0.25, 0.3) is 0 Å². The van der Waals surface area contributed by atoms with Crippen molar-refractivity contribution in [3.05, 3.63) is 0 Å². The summed E-state index contributed by atoms with van der Waals surface area (Å²) in [7, 11) is 0. The Morgan fingerprint density at radius 1 is 1.15 bits per heavy atom. The second kappa shape index (κ2) is 2.23. The Morgan fingerprint density at radius 3 is 2.23 bits per heavy atom. The minimum absolute atomic E-state index is 0.0137. The smallest absolute Gasteiger partial charge is 0.0690 e. The molecule has 0 saturated heterocycles. The number of nitrogens with zero attached hydrogens (tertiary/aromatic N) is 1. The van der Waals surface area contributed by atoms with Gasteiger partial charge in [0, 0.05) is 4.87 Å². The average Bonchev–Trinajstić information content (AvgIpc) is 1.99. The molecule has 4 aliphatic rings. The molecule has 0 aromatic heterocycles. The molecule has 4 aliphatic carbocycles. The standard InChI is InChI=1S/C11H14ClN/c12-11-4-8-1-9(5-11)3-10(2-8,6-11)7-13/h8-9H,1-6H2. The molecule has 0 aliphatic heterocycles. The molecule has 4 bridgehead atoms. The second-order valence-corrected chi connectivity index (χ2v) is 6.31. The molecule has 0 spiro atoms. The summed E-state index contributed by atoms with van der Waals surface area (Å²) in [4.78, 5) is 0.0137. The highest BCUT2D eigenvalue weighted by atomic mass is 35.5. The first kappa shape index (κ1) is 8.12. The van der Waals surface area contributed by atoms with Crippen molar-refractivity contribution in [3.63, 3.8) is 0 Å². The van der Waals surface area contributed by atoms with Crippen molar-refractivity contribution in [2.24, 2.45) is 17.3 Å². The average molecular weight is 196 g/mol. The van der Waals surface area contributed by atoms with Crippen LogP contribution in [0.4, 0.5) is 0 Å². The number of rotatable bonds is 0. The number of nitriles is 1. The molecule has 70 valence electrons. The Hall–Kier alpha value is -0.220. The summed E-state index contributed by atoms with van der Waals surface area (Å²) in [6.07, 6.45) is 6.93. The lowest BCUT2D eigenvalue weighted by atomic mass is 9.50. The predicted molar refractivity (Wildman–Crippen MR) is 51.3 cm³/mol. The third kappa shape index (κ3) is 1.05. The van der Waals surface area contributed by atoms with E-state index < -0.39 is 0 Å². The zero-order valence-electron chi connectivity index (χ0n) is 7.72. The maximum atomic E-state index is 9.24. The van der Waals surface area contributed by atoms with Crippen molar-refractivity contribution in [1.82, 2.24) is 0 Å². The van der Waals surface area contributed by atoms with E-state index >= 15 is 0 Å². The maximum absolute atomic E-state index is 9.24. The molecule has 2 atom stereocenters. The van der Waals surface area contributed by atoms with Gasteiger partial charge in [0.1, 0.15) is 0 Å². The van der Waals surface area contributed by atoms with Gasteiger partial charge in [-0.2, -0.15) is 5.26 Å². The Bertz CT molecular complexity index is 277. The highest BCUT2D eigenvalue weighted by Gasteiger charge is 2.57. The van der Waals surface area contributed by atoms with Gasteiger partial charge in [-0.05, 0) is 50.4 Å². The van der Waals surface area contributed by atoms with Crippen LogP contribution >= 0.6 is 11.6 Å². The summed E-state index contributed by atoms with van der Waals surface area (Å²) in [5.74, 6) is 1.52. The molecule has 0 N–H and O–H groups in total. The third-order valence-electron chi connectivity index (χ3n) is 4.23. The SMILES string of the molecule is N#CC12CC3CC(CC(Cl)(C3)C1)C2. The van der Waals surface area contributed by atoms with Crippen LogP contribution < -0.4 is 0 Å². The van der Waals surface area contributed by atoms with Crippen LogP contribution in [-0.4, -0.2) is 4.87 Å². The largest absolute Gasteiger partial charge is 0.198 e. The number of hydrogen-bond donors (Lipinski definition) is 0. The van der Waals surface area contributed by atoms with Crippen LogP contribution in [0.2, 0.25) is 0 Å². The molecule has 4 fully saturated rings. The quantitative estimate of drug-likeness (QED) is 0.545. The first-order valence-corrected chi connectivity index (χ1v) is 5.61. The highest BCUT2D eigenvalue weighted by molar-refractivity contribution is 6.24. The summed E-state index contributed by atoms with van der Waals surface area (Å²) in [5, 5.41) is 9.24. The van der Waals surface area contributed by atoms with Gasteiger partial charge in [-0.15, -0.1) is 11.6 Å². The van der Waals surface area contributed by atoms with Gasteiger partial charge in [0.15, 0.2) is 0 Å². The van der Waals surface area contributed by atoms with Crippen LogP contribution in [0.1, 0.15) is 38.5 Å². The van der Waals surface area contributed by atoms with Gasteiger partial charge in [0.05, 0.1) is 11.5 Å². The summed E-state index contributed by atoms with van der Waals surface area (Å²) < 4.78 is 0. The molecule has 0 radical (unpaired) electrons. The van der Waals surface area contributed by atoms with E-state index in [0.29, 0.717) is 0 Å². The van der Waals surface area contributed by atoms with Gasteiger partial charge >= 0.3 is 0 Å². The number of hydrogen-bond acceptors (Lipinski definition) is 1. The minimum atomic E-state index is -0.0220. The van der Waals surface area contributed by atoms with Gasteiger partial charge in [0.25, 0.3) is 0 Å². The van der Waals surface area contributed by atoms with Gasteiger partial charge in [-0.1, -0.05) is 0 Å². The summed E-state index contributed by atoms with van der Waals surface area (Å²) in [6.45, 7) is 0. The molecule has 0 aromatic carbocycles. The Balaban J connectivity index is 2.01. The Morgan fingerprint density at radius 2 is 1.77 bits per heavy atom. The van der Waals surface area contributed by atoms with E-state index in [1.165, 1.54) is 19.3 Å². The molecule has 13 heavy (non-hydrogen) atoms. The molecule has 2 unspecified atom stereocenters. The normalized spacial score (nSPS) is 57.8. The number of halogens is 1. The van der Waals surface area contributed by atoms with E-state index in [9.17, 15) is 5.26 Å². The van der Waals surface area contributed by atoms with Gasteiger partial charge < -0.3 is 0 Å². The fourth-order valence-corrected chi connectivity index (χ4v) is 4.97. The van der Waals surface area contributed by atoms with Crippen molar-refractivity contribution in [3.8, 4) is 6.07 Å². The van der Waals surface area contributed by atoms with Crippen LogP contribution in [0.15, 0.2) is 0 Å². The van der Waals surface area contributed by atoms with Crippen molar-refractivity contribution < 1.29 is 0 Å². The van der Waals surface area contributed by atoms with Crippen molar-refractivity contribution in [1.29, 1.82) is 5.26 Å². The van der Waals surface area contributed by atoms with E-state index in [-0.39, 0.29) is 10.3 Å². The molecule has 1 nitrogen and oxygen atoms in total. The monoisotopic (exact) mass is 195 g/mol. The summed E-state index contributed by atoms with van der Waals surface area (Å²) >= 11 is 6.55. The third-order valence-corrected chi connectivity index (χ3v) is 4.67. The van der Waals surface area contributed by atoms with Crippen molar-refractivity contribution >= 4 is 11.6 Å².